The minimum Gasteiger partial charge on any atom is -0.311 e. The van der Waals surface area contributed by atoms with E-state index in [0.29, 0.717) is 0 Å². The largest absolute Gasteiger partial charge is 0.311 e. The van der Waals surface area contributed by atoms with Gasteiger partial charge in [-0.05, 0) is 102 Å². The van der Waals surface area contributed by atoms with E-state index >= 15 is 0 Å². The van der Waals surface area contributed by atoms with Crippen LogP contribution in [0.2, 0.25) is 0 Å². The van der Waals surface area contributed by atoms with Crippen LogP contribution in [0.1, 0.15) is 33.4 Å². The zero-order valence-corrected chi connectivity index (χ0v) is 33.0. The quantitative estimate of drug-likeness (QED) is 0.118. The highest BCUT2D eigenvalue weighted by atomic mass is 15.2. The van der Waals surface area contributed by atoms with Crippen LogP contribution in [0.5, 0.6) is 0 Å². The molecule has 24 heterocycles. The molecule has 0 saturated heterocycles. The van der Waals surface area contributed by atoms with Gasteiger partial charge in [0.1, 0.15) is 0 Å². The van der Waals surface area contributed by atoms with E-state index in [1.165, 1.54) is 65.7 Å². The van der Waals surface area contributed by atoms with Crippen LogP contribution in [0.4, 0.5) is 0 Å². The maximum absolute atomic E-state index is 3.75. The van der Waals surface area contributed by atoms with Crippen molar-refractivity contribution in [2.24, 2.45) is 0 Å². The van der Waals surface area contributed by atoms with Crippen molar-refractivity contribution in [2.45, 2.75) is 39.3 Å². The normalized spacial score (nSPS) is 20.6. The summed E-state index contributed by atoms with van der Waals surface area (Å²) in [6.07, 6.45) is 0. The molecule has 56 heavy (non-hydrogen) atoms. The summed E-state index contributed by atoms with van der Waals surface area (Å²) in [5, 5.41) is 30.3. The number of hydrogen-bond donors (Lipinski definition) is 6. The Kier molecular flexibility index (Phi) is 13.6. The molecule has 0 fully saturated rings. The van der Waals surface area contributed by atoms with E-state index in [4.69, 9.17) is 0 Å². The van der Waals surface area contributed by atoms with Gasteiger partial charge in [0.15, 0.2) is 0 Å². The maximum atomic E-state index is 3.75. The monoisotopic (exact) mass is 748 g/mol. The second-order valence-corrected chi connectivity index (χ2v) is 15.8. The van der Waals surface area contributed by atoms with Crippen molar-refractivity contribution in [1.82, 2.24) is 41.7 Å². The molecule has 24 aliphatic rings. The van der Waals surface area contributed by atoms with Gasteiger partial charge in [-0.15, -0.1) is 0 Å². The Hall–Kier alpha value is -4.22. The average Bonchev–Trinajstić information content (AvgIpc) is 3.22. The highest BCUT2D eigenvalue weighted by molar-refractivity contribution is 5.85. The molecule has 6 aromatic rings. The fourth-order valence-electron chi connectivity index (χ4n) is 8.18. The van der Waals surface area contributed by atoms with Gasteiger partial charge in [0.2, 0.25) is 0 Å². The second-order valence-electron chi connectivity index (χ2n) is 15.8. The lowest BCUT2D eigenvalue weighted by atomic mass is 10.0. The first-order valence-corrected chi connectivity index (χ1v) is 20.9. The number of benzene rings is 6. The minimum atomic E-state index is 0.873. The number of hydrogen-bond acceptors (Lipinski definition) is 8. The van der Waals surface area contributed by atoms with E-state index in [0.717, 1.165) is 118 Å². The van der Waals surface area contributed by atoms with Crippen LogP contribution in [0.3, 0.4) is 0 Å². The summed E-state index contributed by atoms with van der Waals surface area (Å²) < 4.78 is 0. The third-order valence-electron chi connectivity index (χ3n) is 11.5. The van der Waals surface area contributed by atoms with Gasteiger partial charge in [-0.1, -0.05) is 72.8 Å². The first kappa shape index (κ1) is 38.6. The Morgan fingerprint density at radius 2 is 0.429 bits per heavy atom. The van der Waals surface area contributed by atoms with Crippen LogP contribution in [0.15, 0.2) is 109 Å². The molecule has 0 aliphatic carbocycles. The molecule has 30 rings (SSSR count). The van der Waals surface area contributed by atoms with Gasteiger partial charge in [-0.2, -0.15) is 0 Å². The molecular formula is C48H60N8. The first-order chi connectivity index (χ1) is 27.7. The van der Waals surface area contributed by atoms with Gasteiger partial charge < -0.3 is 31.9 Å². The Labute approximate surface area is 333 Å². The molecule has 6 aromatic carbocycles. The molecular weight excluding hydrogens is 689 g/mol. The van der Waals surface area contributed by atoms with Gasteiger partial charge in [0.05, 0.1) is 0 Å². The lowest BCUT2D eigenvalue weighted by Crippen LogP contribution is -2.40. The fraction of sp³-hybridized carbons (Fsp3) is 0.375. The molecule has 6 N–H and O–H groups in total. The van der Waals surface area contributed by atoms with E-state index < -0.39 is 0 Å². The predicted molar refractivity (Wildman–Crippen MR) is 235 cm³/mol. The molecule has 14 bridgehead atoms. The Balaban J connectivity index is 1.02. The lowest BCUT2D eigenvalue weighted by Gasteiger charge is -2.23. The highest BCUT2D eigenvalue weighted by Crippen LogP contribution is 2.21. The predicted octanol–water partition coefficient (Wildman–Crippen LogP) is 5.72. The van der Waals surface area contributed by atoms with Crippen LogP contribution in [0, 0.1) is 0 Å². The highest BCUT2D eigenvalue weighted by Gasteiger charge is 2.09. The molecule has 0 saturated carbocycles. The standard InChI is InChI=1S/C48H60N8/c1-7-43-26-38-2-8-44(43)25-37(1)31-49-13-19-55-20-15-51-33-39-3-9-47-29-41(5-11-45(47)27-39)35-53-17-23-56(22-14-50-32-38)24-18-54-36-42-6-12-46-28-40(34-52-16-21-55)4-10-48(46)30-42/h1-12,25-30,49-54H,13-24,31-36H2. The van der Waals surface area contributed by atoms with Crippen molar-refractivity contribution < 1.29 is 0 Å². The number of nitrogens with zero attached hydrogens (tertiary/aromatic N) is 2. The summed E-state index contributed by atoms with van der Waals surface area (Å²) in [6.45, 7) is 17.0. The molecule has 0 atom stereocenters. The van der Waals surface area contributed by atoms with Crippen LogP contribution in [-0.4, -0.2) is 88.3 Å². The summed E-state index contributed by atoms with van der Waals surface area (Å²) in [6, 6.07) is 41.5. The third-order valence-corrected chi connectivity index (χ3v) is 11.5. The van der Waals surface area contributed by atoms with E-state index in [9.17, 15) is 0 Å². The molecule has 8 heteroatoms. The van der Waals surface area contributed by atoms with Crippen molar-refractivity contribution in [3.05, 3.63) is 143 Å². The molecule has 0 amide bonds. The maximum Gasteiger partial charge on any atom is 0.0206 e. The second kappa shape index (κ2) is 19.8. The van der Waals surface area contributed by atoms with Crippen molar-refractivity contribution in [2.75, 3.05) is 78.5 Å². The minimum absolute atomic E-state index is 0.873. The molecule has 24 aliphatic heterocycles. The smallest absolute Gasteiger partial charge is 0.0206 e. The molecule has 0 aromatic heterocycles. The van der Waals surface area contributed by atoms with Gasteiger partial charge in [0.25, 0.3) is 0 Å². The average molecular weight is 749 g/mol. The van der Waals surface area contributed by atoms with Crippen LogP contribution in [-0.2, 0) is 39.3 Å². The molecule has 0 unspecified atom stereocenters. The Morgan fingerprint density at radius 1 is 0.250 bits per heavy atom. The number of nitrogens with one attached hydrogen (secondary N) is 6. The summed E-state index contributed by atoms with van der Waals surface area (Å²) in [4.78, 5) is 5.18. The van der Waals surface area contributed by atoms with E-state index in [1.807, 2.05) is 0 Å². The van der Waals surface area contributed by atoms with E-state index in [1.54, 1.807) is 0 Å². The Morgan fingerprint density at radius 3 is 0.607 bits per heavy atom. The van der Waals surface area contributed by atoms with Crippen LogP contribution >= 0.6 is 0 Å². The molecule has 8 nitrogen and oxygen atoms in total. The molecule has 0 spiro atoms. The van der Waals surface area contributed by atoms with Gasteiger partial charge in [-0.25, -0.2) is 0 Å². The van der Waals surface area contributed by atoms with Crippen molar-refractivity contribution in [3.8, 4) is 0 Å². The van der Waals surface area contributed by atoms with Gasteiger partial charge >= 0.3 is 0 Å². The topological polar surface area (TPSA) is 78.7 Å². The van der Waals surface area contributed by atoms with Gasteiger partial charge in [0, 0.05) is 118 Å². The van der Waals surface area contributed by atoms with E-state index in [-0.39, 0.29) is 0 Å². The third kappa shape index (κ3) is 11.0. The summed E-state index contributed by atoms with van der Waals surface area (Å²) in [5.74, 6) is 0. The van der Waals surface area contributed by atoms with E-state index in [2.05, 4.69) is 151 Å². The molecule has 292 valence electrons. The Bertz CT molecular complexity index is 1780. The zero-order valence-electron chi connectivity index (χ0n) is 33.0. The summed E-state index contributed by atoms with van der Waals surface area (Å²) >= 11 is 0. The molecule has 0 radical (unpaired) electrons. The zero-order chi connectivity index (χ0) is 37.8. The van der Waals surface area contributed by atoms with Crippen molar-refractivity contribution >= 4 is 32.3 Å². The summed E-state index contributed by atoms with van der Waals surface area (Å²) in [5.41, 5.74) is 8.00. The first-order valence-electron chi connectivity index (χ1n) is 20.9. The van der Waals surface area contributed by atoms with Crippen molar-refractivity contribution in [1.29, 1.82) is 0 Å². The van der Waals surface area contributed by atoms with Crippen LogP contribution < -0.4 is 31.9 Å². The fourth-order valence-corrected chi connectivity index (χ4v) is 8.18. The lowest BCUT2D eigenvalue weighted by molar-refractivity contribution is 0.271. The van der Waals surface area contributed by atoms with Crippen LogP contribution in [0.25, 0.3) is 32.3 Å². The van der Waals surface area contributed by atoms with Gasteiger partial charge in [-0.3, -0.25) is 9.80 Å². The summed E-state index contributed by atoms with van der Waals surface area (Å²) in [7, 11) is 0. The van der Waals surface area contributed by atoms with Crippen molar-refractivity contribution in [3.63, 3.8) is 0 Å². The number of rotatable bonds is 0. The SMILES string of the molecule is c1cc2cc3ccc2cc1CNCCN1CCNCc2ccc4cc(ccc4c2)CNCCN(CCNC3)CCNCc2ccc3cc(ccc3c2)CNCC1.